The van der Waals surface area contributed by atoms with Crippen LogP contribution in [0.5, 0.6) is 0 Å². The first-order valence-corrected chi connectivity index (χ1v) is 4.50. The monoisotopic (exact) mass is 191 g/mol. The Morgan fingerprint density at radius 2 is 2.36 bits per heavy atom. The number of rotatable bonds is 3. The van der Waals surface area contributed by atoms with Crippen molar-refractivity contribution in [3.05, 3.63) is 35.7 Å². The van der Waals surface area contributed by atoms with Crippen molar-refractivity contribution in [3.63, 3.8) is 0 Å². The van der Waals surface area contributed by atoms with Crippen molar-refractivity contribution in [3.8, 4) is 0 Å². The van der Waals surface area contributed by atoms with Gasteiger partial charge in [-0.3, -0.25) is 4.98 Å². The van der Waals surface area contributed by atoms with Gasteiger partial charge in [0.2, 0.25) is 0 Å². The Morgan fingerprint density at radius 1 is 1.57 bits per heavy atom. The summed E-state index contributed by atoms with van der Waals surface area (Å²) < 4.78 is 4.74. The third-order valence-corrected chi connectivity index (χ3v) is 1.63. The molecule has 1 aromatic rings. The molecule has 0 aliphatic carbocycles. The largest absolute Gasteiger partial charge is 0.463 e. The van der Waals surface area contributed by atoms with Crippen LogP contribution in [0.4, 0.5) is 0 Å². The van der Waals surface area contributed by atoms with Crippen molar-refractivity contribution in [2.75, 3.05) is 6.61 Å². The van der Waals surface area contributed by atoms with Crippen LogP contribution in [-0.4, -0.2) is 17.6 Å². The average molecular weight is 191 g/mol. The summed E-state index contributed by atoms with van der Waals surface area (Å²) in [4.78, 5) is 15.1. The standard InChI is InChI=1S/C11H13NO2/c1-3-14-11(13)7-6-10-5-4-9(2)12-8-10/h4-8H,3H2,1-2H3. The van der Waals surface area contributed by atoms with Crippen LogP contribution < -0.4 is 0 Å². The molecule has 3 nitrogen and oxygen atoms in total. The van der Waals surface area contributed by atoms with Crippen molar-refractivity contribution in [1.82, 2.24) is 4.98 Å². The summed E-state index contributed by atoms with van der Waals surface area (Å²) in [6, 6.07) is 3.79. The lowest BCUT2D eigenvalue weighted by atomic mass is 10.2. The third kappa shape index (κ3) is 3.39. The first kappa shape index (κ1) is 10.4. The fraction of sp³-hybridized carbons (Fsp3) is 0.273. The first-order chi connectivity index (χ1) is 6.72. The minimum Gasteiger partial charge on any atom is -0.463 e. The van der Waals surface area contributed by atoms with Crippen molar-refractivity contribution in [2.24, 2.45) is 0 Å². The molecule has 0 saturated heterocycles. The van der Waals surface area contributed by atoms with E-state index in [2.05, 4.69) is 4.98 Å². The van der Waals surface area contributed by atoms with Crippen LogP contribution in [-0.2, 0) is 9.53 Å². The average Bonchev–Trinajstić information content (AvgIpc) is 2.17. The number of aryl methyl sites for hydroxylation is 1. The van der Waals surface area contributed by atoms with Crippen LogP contribution >= 0.6 is 0 Å². The van der Waals surface area contributed by atoms with E-state index in [0.717, 1.165) is 11.3 Å². The maximum atomic E-state index is 11.0. The Morgan fingerprint density at radius 3 is 2.93 bits per heavy atom. The maximum Gasteiger partial charge on any atom is 0.330 e. The van der Waals surface area contributed by atoms with Gasteiger partial charge in [0, 0.05) is 18.0 Å². The molecule has 3 heteroatoms. The molecule has 0 atom stereocenters. The highest BCUT2D eigenvalue weighted by molar-refractivity contribution is 5.86. The number of hydrogen-bond donors (Lipinski definition) is 0. The first-order valence-electron chi connectivity index (χ1n) is 4.50. The number of esters is 1. The van der Waals surface area contributed by atoms with E-state index in [1.807, 2.05) is 19.1 Å². The molecule has 0 amide bonds. The van der Waals surface area contributed by atoms with E-state index in [-0.39, 0.29) is 5.97 Å². The predicted molar refractivity (Wildman–Crippen MR) is 54.6 cm³/mol. The van der Waals surface area contributed by atoms with Gasteiger partial charge in [0.05, 0.1) is 6.61 Å². The Labute approximate surface area is 83.4 Å². The molecule has 14 heavy (non-hydrogen) atoms. The highest BCUT2D eigenvalue weighted by atomic mass is 16.5. The normalized spacial score (nSPS) is 10.4. The molecule has 1 heterocycles. The quantitative estimate of drug-likeness (QED) is 0.541. The lowest BCUT2D eigenvalue weighted by Gasteiger charge is -1.95. The second-order valence-corrected chi connectivity index (χ2v) is 2.82. The topological polar surface area (TPSA) is 39.2 Å². The fourth-order valence-corrected chi connectivity index (χ4v) is 0.932. The highest BCUT2D eigenvalue weighted by Crippen LogP contribution is 2.01. The molecule has 0 bridgehead atoms. The van der Waals surface area contributed by atoms with Gasteiger partial charge in [-0.05, 0) is 31.6 Å². The van der Waals surface area contributed by atoms with Gasteiger partial charge in [0.1, 0.15) is 0 Å². The summed E-state index contributed by atoms with van der Waals surface area (Å²) in [5, 5.41) is 0. The van der Waals surface area contributed by atoms with E-state index in [4.69, 9.17) is 4.74 Å². The van der Waals surface area contributed by atoms with Gasteiger partial charge >= 0.3 is 5.97 Å². The molecule has 0 N–H and O–H groups in total. The van der Waals surface area contributed by atoms with E-state index >= 15 is 0 Å². The molecule has 0 aliphatic heterocycles. The molecule has 0 fully saturated rings. The molecule has 0 aliphatic rings. The zero-order chi connectivity index (χ0) is 10.4. The molecule has 0 aromatic carbocycles. The van der Waals surface area contributed by atoms with E-state index in [1.165, 1.54) is 6.08 Å². The SMILES string of the molecule is CCOC(=O)C=Cc1ccc(C)nc1. The van der Waals surface area contributed by atoms with Crippen LogP contribution in [0.1, 0.15) is 18.2 Å². The molecule has 74 valence electrons. The summed E-state index contributed by atoms with van der Waals surface area (Å²) in [5.74, 6) is -0.326. The summed E-state index contributed by atoms with van der Waals surface area (Å²) >= 11 is 0. The van der Waals surface area contributed by atoms with E-state index in [9.17, 15) is 4.79 Å². The number of carbonyl (C=O) groups is 1. The Kier molecular flexibility index (Phi) is 3.85. The number of aromatic nitrogens is 1. The van der Waals surface area contributed by atoms with E-state index in [1.54, 1.807) is 19.2 Å². The van der Waals surface area contributed by atoms with E-state index in [0.29, 0.717) is 6.61 Å². The lowest BCUT2D eigenvalue weighted by molar-refractivity contribution is -0.137. The molecule has 1 aromatic heterocycles. The minimum atomic E-state index is -0.326. The molecule has 1 rings (SSSR count). The smallest absolute Gasteiger partial charge is 0.330 e. The van der Waals surface area contributed by atoms with E-state index < -0.39 is 0 Å². The summed E-state index contributed by atoms with van der Waals surface area (Å²) in [7, 11) is 0. The second-order valence-electron chi connectivity index (χ2n) is 2.82. The number of nitrogens with zero attached hydrogens (tertiary/aromatic N) is 1. The molecule has 0 spiro atoms. The van der Waals surface area contributed by atoms with Crippen LogP contribution in [0.2, 0.25) is 0 Å². The van der Waals surface area contributed by atoms with Crippen LogP contribution in [0.15, 0.2) is 24.4 Å². The summed E-state index contributed by atoms with van der Waals surface area (Å²) in [6.45, 7) is 4.09. The van der Waals surface area contributed by atoms with Gasteiger partial charge < -0.3 is 4.74 Å². The Hall–Kier alpha value is -1.64. The zero-order valence-electron chi connectivity index (χ0n) is 8.36. The van der Waals surface area contributed by atoms with Gasteiger partial charge in [-0.1, -0.05) is 6.07 Å². The molecule has 0 radical (unpaired) electrons. The zero-order valence-corrected chi connectivity index (χ0v) is 8.36. The van der Waals surface area contributed by atoms with Gasteiger partial charge in [-0.25, -0.2) is 4.79 Å². The Balaban J connectivity index is 2.60. The maximum absolute atomic E-state index is 11.0. The van der Waals surface area contributed by atoms with Gasteiger partial charge in [-0.15, -0.1) is 0 Å². The molecule has 0 unspecified atom stereocenters. The predicted octanol–water partition coefficient (Wildman–Crippen LogP) is 1.97. The summed E-state index contributed by atoms with van der Waals surface area (Å²) in [5.41, 5.74) is 1.85. The number of ether oxygens (including phenoxy) is 1. The second kappa shape index (κ2) is 5.17. The third-order valence-electron chi connectivity index (χ3n) is 1.63. The van der Waals surface area contributed by atoms with Gasteiger partial charge in [0.15, 0.2) is 0 Å². The minimum absolute atomic E-state index is 0.326. The van der Waals surface area contributed by atoms with Crippen molar-refractivity contribution in [1.29, 1.82) is 0 Å². The van der Waals surface area contributed by atoms with Crippen molar-refractivity contribution in [2.45, 2.75) is 13.8 Å². The molecule has 0 saturated carbocycles. The lowest BCUT2D eigenvalue weighted by Crippen LogP contribution is -1.98. The van der Waals surface area contributed by atoms with Crippen LogP contribution in [0, 0.1) is 6.92 Å². The van der Waals surface area contributed by atoms with Gasteiger partial charge in [-0.2, -0.15) is 0 Å². The summed E-state index contributed by atoms with van der Waals surface area (Å²) in [6.07, 6.45) is 4.80. The Bertz CT molecular complexity index is 328. The fourth-order valence-electron chi connectivity index (χ4n) is 0.932. The molecular formula is C11H13NO2. The number of carbonyl (C=O) groups excluding carboxylic acids is 1. The number of hydrogen-bond acceptors (Lipinski definition) is 3. The molecular weight excluding hydrogens is 178 g/mol. The van der Waals surface area contributed by atoms with Crippen LogP contribution in [0.3, 0.4) is 0 Å². The van der Waals surface area contributed by atoms with Crippen molar-refractivity contribution >= 4 is 12.0 Å². The highest BCUT2D eigenvalue weighted by Gasteiger charge is 1.93. The van der Waals surface area contributed by atoms with Crippen LogP contribution in [0.25, 0.3) is 6.08 Å². The van der Waals surface area contributed by atoms with Crippen molar-refractivity contribution < 1.29 is 9.53 Å². The van der Waals surface area contributed by atoms with Gasteiger partial charge in [0.25, 0.3) is 0 Å². The number of pyridine rings is 1.